The van der Waals surface area contributed by atoms with Crippen LogP contribution in [0.25, 0.3) is 0 Å². The Kier molecular flexibility index (Phi) is 5.43. The van der Waals surface area contributed by atoms with E-state index in [-0.39, 0.29) is 12.1 Å². The number of allylic oxidation sites excluding steroid dienone is 1. The minimum Gasteiger partial charge on any atom is -0.459 e. The normalized spacial score (nSPS) is 14.2. The van der Waals surface area contributed by atoms with Crippen LogP contribution < -0.4 is 0 Å². The fourth-order valence-electron chi connectivity index (χ4n) is 0.859. The van der Waals surface area contributed by atoms with Crippen molar-refractivity contribution in [2.75, 3.05) is 0 Å². The van der Waals surface area contributed by atoms with Gasteiger partial charge in [0.15, 0.2) is 0 Å². The molecule has 0 aromatic heterocycles. The molecular weight excluding hydrogens is 152 g/mol. The molecule has 0 saturated carbocycles. The average molecular weight is 170 g/mol. The number of ether oxygens (including phenoxy) is 1. The van der Waals surface area contributed by atoms with E-state index in [0.29, 0.717) is 5.57 Å². The quantitative estimate of drug-likeness (QED) is 0.479. The maximum Gasteiger partial charge on any atom is 0.333 e. The van der Waals surface area contributed by atoms with Crippen LogP contribution in [0, 0.1) is 0 Å². The first kappa shape index (κ1) is 11.2. The molecule has 0 amide bonds. The lowest BCUT2D eigenvalue weighted by Gasteiger charge is -2.11. The van der Waals surface area contributed by atoms with Crippen molar-refractivity contribution in [1.29, 1.82) is 0 Å². The number of carbonyl (C=O) groups excluding carboxylic acids is 1. The molecule has 0 saturated heterocycles. The number of esters is 1. The Morgan fingerprint density at radius 1 is 1.58 bits per heavy atom. The molecule has 0 fully saturated rings. The minimum absolute atomic E-state index is 0.0393. The first-order valence-corrected chi connectivity index (χ1v) is 4.45. The molecule has 12 heavy (non-hydrogen) atoms. The predicted octanol–water partition coefficient (Wildman–Crippen LogP) is 2.68. The van der Waals surface area contributed by atoms with Crippen molar-refractivity contribution in [3.63, 3.8) is 0 Å². The van der Waals surface area contributed by atoms with Gasteiger partial charge in [-0.3, -0.25) is 0 Å². The SMILES string of the molecule is C/C=C(\C)C(=O)OC(C)CCC. The van der Waals surface area contributed by atoms with E-state index in [0.717, 1.165) is 12.8 Å². The Bertz CT molecular complexity index is 171. The third-order valence-corrected chi connectivity index (χ3v) is 1.76. The van der Waals surface area contributed by atoms with Crippen molar-refractivity contribution >= 4 is 5.97 Å². The molecule has 0 N–H and O–H groups in total. The zero-order chi connectivity index (χ0) is 9.56. The molecule has 0 aromatic carbocycles. The van der Waals surface area contributed by atoms with Gasteiger partial charge in [-0.25, -0.2) is 4.79 Å². The lowest BCUT2D eigenvalue weighted by molar-refractivity contribution is -0.143. The summed E-state index contributed by atoms with van der Waals surface area (Å²) >= 11 is 0. The Hall–Kier alpha value is -0.790. The summed E-state index contributed by atoms with van der Waals surface area (Å²) in [6.07, 6.45) is 3.78. The van der Waals surface area contributed by atoms with Gasteiger partial charge in [0.1, 0.15) is 0 Å². The Morgan fingerprint density at radius 3 is 2.58 bits per heavy atom. The summed E-state index contributed by atoms with van der Waals surface area (Å²) in [5.41, 5.74) is 0.679. The van der Waals surface area contributed by atoms with E-state index >= 15 is 0 Å². The summed E-state index contributed by atoms with van der Waals surface area (Å²) in [5.74, 6) is -0.196. The van der Waals surface area contributed by atoms with E-state index in [1.54, 1.807) is 13.0 Å². The van der Waals surface area contributed by atoms with Gasteiger partial charge in [0.2, 0.25) is 0 Å². The highest BCUT2D eigenvalue weighted by Crippen LogP contribution is 2.04. The van der Waals surface area contributed by atoms with Gasteiger partial charge >= 0.3 is 5.97 Å². The van der Waals surface area contributed by atoms with Gasteiger partial charge in [-0.15, -0.1) is 0 Å². The van der Waals surface area contributed by atoms with Crippen molar-refractivity contribution in [2.24, 2.45) is 0 Å². The van der Waals surface area contributed by atoms with E-state index in [9.17, 15) is 4.79 Å². The fourth-order valence-corrected chi connectivity index (χ4v) is 0.859. The maximum atomic E-state index is 11.2. The topological polar surface area (TPSA) is 26.3 Å². The summed E-state index contributed by atoms with van der Waals surface area (Å²) in [5, 5.41) is 0. The Labute approximate surface area is 74.6 Å². The lowest BCUT2D eigenvalue weighted by Crippen LogP contribution is -2.15. The van der Waals surface area contributed by atoms with Crippen LogP contribution in [0.3, 0.4) is 0 Å². The predicted molar refractivity (Wildman–Crippen MR) is 49.9 cm³/mol. The van der Waals surface area contributed by atoms with E-state index in [2.05, 4.69) is 6.92 Å². The average Bonchev–Trinajstić information content (AvgIpc) is 2.03. The zero-order valence-corrected chi connectivity index (χ0v) is 8.39. The molecule has 0 aliphatic rings. The summed E-state index contributed by atoms with van der Waals surface area (Å²) in [7, 11) is 0. The van der Waals surface area contributed by atoms with Crippen molar-refractivity contribution < 1.29 is 9.53 Å². The molecule has 1 unspecified atom stereocenters. The molecule has 0 radical (unpaired) electrons. The van der Waals surface area contributed by atoms with E-state index in [1.165, 1.54) is 0 Å². The van der Waals surface area contributed by atoms with Crippen molar-refractivity contribution in [3.05, 3.63) is 11.6 Å². The first-order valence-electron chi connectivity index (χ1n) is 4.45. The van der Waals surface area contributed by atoms with Crippen molar-refractivity contribution in [1.82, 2.24) is 0 Å². The van der Waals surface area contributed by atoms with Crippen LogP contribution in [0.5, 0.6) is 0 Å². The number of rotatable bonds is 4. The lowest BCUT2D eigenvalue weighted by atomic mass is 10.2. The van der Waals surface area contributed by atoms with Crippen LogP contribution >= 0.6 is 0 Å². The molecule has 2 heteroatoms. The Morgan fingerprint density at radius 2 is 2.17 bits per heavy atom. The number of hydrogen-bond acceptors (Lipinski definition) is 2. The smallest absolute Gasteiger partial charge is 0.333 e. The summed E-state index contributed by atoms with van der Waals surface area (Å²) in [6.45, 7) is 7.60. The highest BCUT2D eigenvalue weighted by Gasteiger charge is 2.08. The zero-order valence-electron chi connectivity index (χ0n) is 8.39. The Balaban J connectivity index is 3.84. The largest absolute Gasteiger partial charge is 0.459 e. The van der Waals surface area contributed by atoms with Crippen LogP contribution in [0.4, 0.5) is 0 Å². The van der Waals surface area contributed by atoms with Crippen LogP contribution in [0.15, 0.2) is 11.6 Å². The molecule has 0 aliphatic heterocycles. The van der Waals surface area contributed by atoms with Crippen LogP contribution in [-0.4, -0.2) is 12.1 Å². The number of hydrogen-bond donors (Lipinski definition) is 0. The van der Waals surface area contributed by atoms with Gasteiger partial charge in [0.05, 0.1) is 6.10 Å². The highest BCUT2D eigenvalue weighted by atomic mass is 16.5. The summed E-state index contributed by atoms with van der Waals surface area (Å²) < 4.78 is 5.14. The van der Waals surface area contributed by atoms with Crippen LogP contribution in [0.1, 0.15) is 40.5 Å². The standard InChI is InChI=1S/C10H18O2/c1-5-7-9(4)12-10(11)8(3)6-2/h6,9H,5,7H2,1-4H3/b8-6+. The second kappa shape index (κ2) is 5.81. The molecule has 1 atom stereocenters. The van der Waals surface area contributed by atoms with Gasteiger partial charge in [-0.05, 0) is 27.2 Å². The molecule has 0 rings (SSSR count). The molecule has 70 valence electrons. The monoisotopic (exact) mass is 170 g/mol. The molecule has 0 aromatic rings. The summed E-state index contributed by atoms with van der Waals surface area (Å²) in [4.78, 5) is 11.2. The van der Waals surface area contributed by atoms with E-state index in [4.69, 9.17) is 4.74 Å². The van der Waals surface area contributed by atoms with Gasteiger partial charge in [-0.2, -0.15) is 0 Å². The van der Waals surface area contributed by atoms with Gasteiger partial charge < -0.3 is 4.74 Å². The molecule has 0 bridgehead atoms. The number of carbonyl (C=O) groups is 1. The van der Waals surface area contributed by atoms with Gasteiger partial charge in [0, 0.05) is 5.57 Å². The van der Waals surface area contributed by atoms with Crippen LogP contribution in [-0.2, 0) is 9.53 Å². The van der Waals surface area contributed by atoms with E-state index in [1.807, 2.05) is 13.8 Å². The highest BCUT2D eigenvalue weighted by molar-refractivity contribution is 5.87. The minimum atomic E-state index is -0.196. The van der Waals surface area contributed by atoms with Crippen LogP contribution in [0.2, 0.25) is 0 Å². The van der Waals surface area contributed by atoms with Crippen molar-refractivity contribution in [3.8, 4) is 0 Å². The van der Waals surface area contributed by atoms with Gasteiger partial charge in [0.25, 0.3) is 0 Å². The third kappa shape index (κ3) is 4.16. The molecule has 0 aliphatic carbocycles. The first-order chi connectivity index (χ1) is 5.61. The molecule has 2 nitrogen and oxygen atoms in total. The second-order valence-corrected chi connectivity index (χ2v) is 2.98. The molecular formula is C10H18O2. The summed E-state index contributed by atoms with van der Waals surface area (Å²) in [6, 6.07) is 0. The second-order valence-electron chi connectivity index (χ2n) is 2.98. The maximum absolute atomic E-state index is 11.2. The fraction of sp³-hybridized carbons (Fsp3) is 0.700. The molecule has 0 spiro atoms. The van der Waals surface area contributed by atoms with Crippen molar-refractivity contribution in [2.45, 2.75) is 46.6 Å². The van der Waals surface area contributed by atoms with E-state index < -0.39 is 0 Å². The molecule has 0 heterocycles. The third-order valence-electron chi connectivity index (χ3n) is 1.76. The van der Waals surface area contributed by atoms with Gasteiger partial charge in [-0.1, -0.05) is 19.4 Å².